The molecule has 0 atom stereocenters. The van der Waals surface area contributed by atoms with Gasteiger partial charge >= 0.3 is 0 Å². The van der Waals surface area contributed by atoms with Gasteiger partial charge in [-0.3, -0.25) is 4.79 Å². The van der Waals surface area contributed by atoms with Crippen LogP contribution in [0.25, 0.3) is 10.6 Å². The molecule has 0 radical (unpaired) electrons. The van der Waals surface area contributed by atoms with Crippen molar-refractivity contribution in [1.82, 2.24) is 10.3 Å². The highest BCUT2D eigenvalue weighted by atomic mass is 32.1. The van der Waals surface area contributed by atoms with E-state index in [9.17, 15) is 9.18 Å². The number of carbonyl (C=O) groups is 1. The lowest BCUT2D eigenvalue weighted by molar-refractivity contribution is 0.0950. The van der Waals surface area contributed by atoms with Gasteiger partial charge in [0, 0.05) is 23.9 Å². The van der Waals surface area contributed by atoms with E-state index in [4.69, 9.17) is 4.74 Å². The summed E-state index contributed by atoms with van der Waals surface area (Å²) in [6.07, 6.45) is 0.603. The van der Waals surface area contributed by atoms with E-state index in [0.29, 0.717) is 18.7 Å². The van der Waals surface area contributed by atoms with Crippen molar-refractivity contribution in [3.8, 4) is 16.3 Å². The third-order valence-electron chi connectivity index (χ3n) is 3.92. The highest BCUT2D eigenvalue weighted by Crippen LogP contribution is 2.24. The van der Waals surface area contributed by atoms with E-state index < -0.39 is 5.82 Å². The Morgan fingerprint density at radius 1 is 1.23 bits per heavy atom. The molecule has 1 amide bonds. The lowest BCUT2D eigenvalue weighted by Crippen LogP contribution is -2.26. The van der Waals surface area contributed by atoms with Crippen LogP contribution in [0.3, 0.4) is 0 Å². The lowest BCUT2D eigenvalue weighted by atomic mass is 10.1. The van der Waals surface area contributed by atoms with Gasteiger partial charge in [-0.1, -0.05) is 29.8 Å². The van der Waals surface area contributed by atoms with E-state index in [1.54, 1.807) is 11.3 Å². The molecule has 3 aromatic rings. The summed E-state index contributed by atoms with van der Waals surface area (Å²) in [4.78, 5) is 16.9. The number of thiazole rings is 1. The van der Waals surface area contributed by atoms with E-state index in [1.807, 2.05) is 12.3 Å². The summed E-state index contributed by atoms with van der Waals surface area (Å²) in [7, 11) is 1.45. The summed E-state index contributed by atoms with van der Waals surface area (Å²) in [5.41, 5.74) is 3.39. The lowest BCUT2D eigenvalue weighted by Gasteiger charge is -2.09. The fourth-order valence-corrected chi connectivity index (χ4v) is 3.37. The Balaban J connectivity index is 1.59. The van der Waals surface area contributed by atoms with Gasteiger partial charge in [-0.05, 0) is 25.1 Å². The van der Waals surface area contributed by atoms with E-state index in [-0.39, 0.29) is 11.5 Å². The predicted octanol–water partition coefficient (Wildman–Crippen LogP) is 4.24. The summed E-state index contributed by atoms with van der Waals surface area (Å²) in [5, 5.41) is 5.73. The zero-order chi connectivity index (χ0) is 18.5. The van der Waals surface area contributed by atoms with Crippen LogP contribution in [-0.2, 0) is 6.42 Å². The molecule has 0 spiro atoms. The fourth-order valence-electron chi connectivity index (χ4n) is 2.51. The first kappa shape index (κ1) is 18.1. The minimum Gasteiger partial charge on any atom is -0.496 e. The molecule has 4 nitrogen and oxygen atoms in total. The van der Waals surface area contributed by atoms with Crippen molar-refractivity contribution in [2.24, 2.45) is 0 Å². The van der Waals surface area contributed by atoms with Gasteiger partial charge in [0.15, 0.2) is 0 Å². The van der Waals surface area contributed by atoms with Crippen LogP contribution in [0.15, 0.2) is 47.8 Å². The molecule has 0 saturated heterocycles. The summed E-state index contributed by atoms with van der Waals surface area (Å²) in [5.74, 6) is -0.493. The first-order chi connectivity index (χ1) is 12.6. The van der Waals surface area contributed by atoms with Gasteiger partial charge in [-0.15, -0.1) is 11.3 Å². The second-order valence-electron chi connectivity index (χ2n) is 5.86. The monoisotopic (exact) mass is 370 g/mol. The van der Waals surface area contributed by atoms with Crippen molar-refractivity contribution in [2.75, 3.05) is 13.7 Å². The number of methoxy groups -OCH3 is 1. The molecule has 134 valence electrons. The van der Waals surface area contributed by atoms with Gasteiger partial charge in [-0.2, -0.15) is 0 Å². The third-order valence-corrected chi connectivity index (χ3v) is 4.86. The number of hydrogen-bond acceptors (Lipinski definition) is 4. The zero-order valence-corrected chi connectivity index (χ0v) is 15.4. The van der Waals surface area contributed by atoms with Crippen LogP contribution in [0.1, 0.15) is 21.6 Å². The molecule has 1 heterocycles. The van der Waals surface area contributed by atoms with Crippen LogP contribution in [0.5, 0.6) is 5.75 Å². The minimum atomic E-state index is -0.474. The van der Waals surface area contributed by atoms with Crippen LogP contribution in [-0.4, -0.2) is 24.5 Å². The standard InChI is InChI=1S/C20H19FN2O2S/c1-13-3-5-14(6-4-13)20-23-16(12-26-20)9-10-22-19(24)17-11-15(21)7-8-18(17)25-2/h3-8,11-12H,9-10H2,1-2H3,(H,22,24). The van der Waals surface area contributed by atoms with Gasteiger partial charge in [0.2, 0.25) is 0 Å². The number of carbonyl (C=O) groups excluding carboxylic acids is 1. The van der Waals surface area contributed by atoms with Crippen LogP contribution >= 0.6 is 11.3 Å². The van der Waals surface area contributed by atoms with Crippen molar-refractivity contribution in [2.45, 2.75) is 13.3 Å². The molecular weight excluding hydrogens is 351 g/mol. The SMILES string of the molecule is COc1ccc(F)cc1C(=O)NCCc1csc(-c2ccc(C)cc2)n1. The molecule has 0 bridgehead atoms. The number of nitrogens with zero attached hydrogens (tertiary/aromatic N) is 1. The molecule has 0 aliphatic rings. The molecule has 26 heavy (non-hydrogen) atoms. The molecule has 0 aliphatic heterocycles. The summed E-state index contributed by atoms with van der Waals surface area (Å²) < 4.78 is 18.5. The van der Waals surface area contributed by atoms with Crippen molar-refractivity contribution in [3.05, 3.63) is 70.5 Å². The highest BCUT2D eigenvalue weighted by molar-refractivity contribution is 7.13. The zero-order valence-electron chi connectivity index (χ0n) is 14.6. The summed E-state index contributed by atoms with van der Waals surface area (Å²) >= 11 is 1.58. The van der Waals surface area contributed by atoms with Crippen LogP contribution < -0.4 is 10.1 Å². The molecule has 6 heteroatoms. The molecule has 0 unspecified atom stereocenters. The topological polar surface area (TPSA) is 51.2 Å². The molecule has 3 rings (SSSR count). The Kier molecular flexibility index (Phi) is 5.63. The number of aryl methyl sites for hydroxylation is 1. The van der Waals surface area contributed by atoms with Gasteiger partial charge < -0.3 is 10.1 Å². The Labute approximate surface area is 155 Å². The third kappa shape index (κ3) is 4.26. The van der Waals surface area contributed by atoms with E-state index in [0.717, 1.165) is 16.3 Å². The number of rotatable bonds is 6. The van der Waals surface area contributed by atoms with Gasteiger partial charge in [0.25, 0.3) is 5.91 Å². The molecule has 0 fully saturated rings. The number of halogens is 1. The number of benzene rings is 2. The van der Waals surface area contributed by atoms with Crippen molar-refractivity contribution >= 4 is 17.2 Å². The van der Waals surface area contributed by atoms with E-state index in [2.05, 4.69) is 34.6 Å². The number of ether oxygens (including phenoxy) is 1. The highest BCUT2D eigenvalue weighted by Gasteiger charge is 2.13. The Hall–Kier alpha value is -2.73. The van der Waals surface area contributed by atoms with Crippen molar-refractivity contribution < 1.29 is 13.9 Å². The molecular formula is C20H19FN2O2S. The Morgan fingerprint density at radius 2 is 2.00 bits per heavy atom. The maximum atomic E-state index is 13.4. The van der Waals surface area contributed by atoms with Crippen LogP contribution in [0, 0.1) is 12.7 Å². The maximum absolute atomic E-state index is 13.4. The Morgan fingerprint density at radius 3 is 2.73 bits per heavy atom. The second-order valence-corrected chi connectivity index (χ2v) is 6.72. The van der Waals surface area contributed by atoms with Crippen molar-refractivity contribution in [1.29, 1.82) is 0 Å². The first-order valence-electron chi connectivity index (χ1n) is 8.20. The molecule has 2 aromatic carbocycles. The van der Waals surface area contributed by atoms with Gasteiger partial charge in [-0.25, -0.2) is 9.37 Å². The van der Waals surface area contributed by atoms with E-state index >= 15 is 0 Å². The quantitative estimate of drug-likeness (QED) is 0.706. The minimum absolute atomic E-state index is 0.186. The number of aromatic nitrogens is 1. The maximum Gasteiger partial charge on any atom is 0.255 e. The van der Waals surface area contributed by atoms with E-state index in [1.165, 1.54) is 30.9 Å². The molecule has 1 aromatic heterocycles. The van der Waals surface area contributed by atoms with Crippen LogP contribution in [0.2, 0.25) is 0 Å². The fraction of sp³-hybridized carbons (Fsp3) is 0.200. The summed E-state index contributed by atoms with van der Waals surface area (Å²) in [6.45, 7) is 2.46. The smallest absolute Gasteiger partial charge is 0.255 e. The van der Waals surface area contributed by atoms with Gasteiger partial charge in [0.05, 0.1) is 18.4 Å². The Bertz CT molecular complexity index is 906. The number of hydrogen-bond donors (Lipinski definition) is 1. The average Bonchev–Trinajstić information content (AvgIpc) is 3.11. The largest absolute Gasteiger partial charge is 0.496 e. The normalized spacial score (nSPS) is 10.6. The molecule has 1 N–H and O–H groups in total. The van der Waals surface area contributed by atoms with Gasteiger partial charge in [0.1, 0.15) is 16.6 Å². The summed E-state index contributed by atoms with van der Waals surface area (Å²) in [6, 6.07) is 12.1. The average molecular weight is 370 g/mol. The second kappa shape index (κ2) is 8.10. The first-order valence-corrected chi connectivity index (χ1v) is 9.08. The predicted molar refractivity (Wildman–Crippen MR) is 101 cm³/mol. The number of amides is 1. The number of nitrogens with one attached hydrogen (secondary N) is 1. The van der Waals surface area contributed by atoms with Crippen LogP contribution in [0.4, 0.5) is 4.39 Å². The van der Waals surface area contributed by atoms with Crippen molar-refractivity contribution in [3.63, 3.8) is 0 Å². The molecule has 0 aliphatic carbocycles. The molecule has 0 saturated carbocycles.